The van der Waals surface area contributed by atoms with Crippen molar-refractivity contribution in [2.24, 2.45) is 0 Å². The largest absolute Gasteiger partial charge is 0.399 e. The normalized spacial score (nSPS) is 15.6. The molecule has 0 unspecified atom stereocenters. The highest BCUT2D eigenvalue weighted by molar-refractivity contribution is 6.44. The van der Waals surface area contributed by atoms with Gasteiger partial charge in [0.05, 0.1) is 15.6 Å². The van der Waals surface area contributed by atoms with Crippen molar-refractivity contribution < 1.29 is 4.79 Å². The molecule has 1 aromatic rings. The van der Waals surface area contributed by atoms with Crippen LogP contribution in [0.5, 0.6) is 0 Å². The molecule has 0 radical (unpaired) electrons. The number of nitrogens with two attached hydrogens (primary N) is 1. The van der Waals surface area contributed by atoms with E-state index >= 15 is 0 Å². The van der Waals surface area contributed by atoms with Gasteiger partial charge in [0, 0.05) is 11.7 Å². The summed E-state index contributed by atoms with van der Waals surface area (Å²) in [5.74, 6) is -0.205. The van der Waals surface area contributed by atoms with Crippen LogP contribution in [0, 0.1) is 0 Å². The molecule has 0 saturated heterocycles. The Bertz CT molecular complexity index is 430. The Morgan fingerprint density at radius 2 is 2.06 bits per heavy atom. The number of rotatable bonds is 2. The summed E-state index contributed by atoms with van der Waals surface area (Å²) in [4.78, 5) is 11.9. The maximum atomic E-state index is 11.9. The van der Waals surface area contributed by atoms with E-state index in [1.165, 1.54) is 6.07 Å². The summed E-state index contributed by atoms with van der Waals surface area (Å²) < 4.78 is 0. The van der Waals surface area contributed by atoms with Crippen molar-refractivity contribution in [3.63, 3.8) is 0 Å². The maximum absolute atomic E-state index is 11.9. The Labute approximate surface area is 104 Å². The van der Waals surface area contributed by atoms with Crippen molar-refractivity contribution in [3.05, 3.63) is 27.7 Å². The summed E-state index contributed by atoms with van der Waals surface area (Å²) in [6.45, 7) is 0. The minimum absolute atomic E-state index is 0.205. The van der Waals surface area contributed by atoms with E-state index in [0.717, 1.165) is 19.3 Å². The van der Waals surface area contributed by atoms with Crippen LogP contribution in [0.1, 0.15) is 29.6 Å². The average molecular weight is 259 g/mol. The lowest BCUT2D eigenvalue weighted by molar-refractivity contribution is 0.0917. The molecular weight excluding hydrogens is 247 g/mol. The molecule has 2 rings (SSSR count). The summed E-state index contributed by atoms with van der Waals surface area (Å²) in [6, 6.07) is 3.34. The predicted molar refractivity (Wildman–Crippen MR) is 66.0 cm³/mol. The fraction of sp³-hybridized carbons (Fsp3) is 0.364. The predicted octanol–water partition coefficient (Wildman–Crippen LogP) is 2.86. The van der Waals surface area contributed by atoms with Crippen LogP contribution in [0.4, 0.5) is 5.69 Å². The molecule has 1 amide bonds. The quantitative estimate of drug-likeness (QED) is 0.802. The molecule has 0 spiro atoms. The molecule has 5 heteroatoms. The molecular formula is C11H12Cl2N2O. The molecule has 1 aliphatic rings. The summed E-state index contributed by atoms with van der Waals surface area (Å²) in [5, 5.41) is 3.45. The summed E-state index contributed by atoms with van der Waals surface area (Å²) in [5.41, 5.74) is 6.40. The van der Waals surface area contributed by atoms with E-state index in [1.54, 1.807) is 6.07 Å². The second-order valence-electron chi connectivity index (χ2n) is 3.97. The van der Waals surface area contributed by atoms with E-state index in [2.05, 4.69) is 5.32 Å². The van der Waals surface area contributed by atoms with Crippen molar-refractivity contribution in [2.75, 3.05) is 5.73 Å². The number of hydrogen-bond donors (Lipinski definition) is 2. The van der Waals surface area contributed by atoms with Gasteiger partial charge in [-0.15, -0.1) is 0 Å². The van der Waals surface area contributed by atoms with Gasteiger partial charge in [-0.1, -0.05) is 23.2 Å². The van der Waals surface area contributed by atoms with Crippen LogP contribution in [-0.2, 0) is 0 Å². The number of halogens is 2. The molecule has 16 heavy (non-hydrogen) atoms. The van der Waals surface area contributed by atoms with Crippen LogP contribution in [-0.4, -0.2) is 11.9 Å². The highest BCUT2D eigenvalue weighted by Gasteiger charge is 2.22. The first-order valence-corrected chi connectivity index (χ1v) is 5.89. The molecule has 1 aliphatic carbocycles. The zero-order valence-corrected chi connectivity index (χ0v) is 10.1. The van der Waals surface area contributed by atoms with Crippen LogP contribution < -0.4 is 11.1 Å². The smallest absolute Gasteiger partial charge is 0.253 e. The third kappa shape index (κ3) is 2.25. The molecule has 86 valence electrons. The van der Waals surface area contributed by atoms with Gasteiger partial charge in [0.1, 0.15) is 0 Å². The van der Waals surface area contributed by atoms with E-state index in [9.17, 15) is 4.79 Å². The number of nitrogens with one attached hydrogen (secondary N) is 1. The minimum Gasteiger partial charge on any atom is -0.399 e. The molecule has 0 heterocycles. The third-order valence-corrected chi connectivity index (χ3v) is 3.54. The number of nitrogen functional groups attached to an aromatic ring is 1. The van der Waals surface area contributed by atoms with Crippen LogP contribution >= 0.6 is 23.2 Å². The monoisotopic (exact) mass is 258 g/mol. The lowest BCUT2D eigenvalue weighted by atomic mass is 9.93. The van der Waals surface area contributed by atoms with Gasteiger partial charge < -0.3 is 11.1 Å². The summed E-state index contributed by atoms with van der Waals surface area (Å²) >= 11 is 11.8. The Balaban J connectivity index is 2.21. The number of anilines is 1. The van der Waals surface area contributed by atoms with Crippen LogP contribution in [0.3, 0.4) is 0 Å². The highest BCUT2D eigenvalue weighted by atomic mass is 35.5. The Hall–Kier alpha value is -0.930. The van der Waals surface area contributed by atoms with Gasteiger partial charge in [-0.25, -0.2) is 0 Å². The molecule has 0 bridgehead atoms. The molecule has 0 atom stereocenters. The zero-order chi connectivity index (χ0) is 11.7. The van der Waals surface area contributed by atoms with Crippen molar-refractivity contribution in [2.45, 2.75) is 25.3 Å². The van der Waals surface area contributed by atoms with Gasteiger partial charge in [-0.3, -0.25) is 4.79 Å². The number of carbonyl (C=O) groups excluding carboxylic acids is 1. The lowest BCUT2D eigenvalue weighted by Crippen LogP contribution is -2.39. The number of hydrogen-bond acceptors (Lipinski definition) is 2. The van der Waals surface area contributed by atoms with Gasteiger partial charge in [0.25, 0.3) is 5.91 Å². The van der Waals surface area contributed by atoms with Crippen LogP contribution in [0.2, 0.25) is 10.0 Å². The minimum atomic E-state index is -0.205. The van der Waals surface area contributed by atoms with Crippen molar-refractivity contribution in [1.82, 2.24) is 5.32 Å². The molecule has 3 N–H and O–H groups in total. The van der Waals surface area contributed by atoms with Crippen molar-refractivity contribution >= 4 is 34.8 Å². The lowest BCUT2D eigenvalue weighted by Gasteiger charge is -2.26. The molecule has 1 aromatic carbocycles. The van der Waals surface area contributed by atoms with E-state index in [1.807, 2.05) is 0 Å². The third-order valence-electron chi connectivity index (χ3n) is 2.74. The molecule has 0 aromatic heterocycles. The Morgan fingerprint density at radius 3 is 2.62 bits per heavy atom. The Morgan fingerprint density at radius 1 is 1.38 bits per heavy atom. The molecule has 3 nitrogen and oxygen atoms in total. The molecule has 0 aliphatic heterocycles. The van der Waals surface area contributed by atoms with Crippen molar-refractivity contribution in [3.8, 4) is 0 Å². The molecule has 1 saturated carbocycles. The van der Waals surface area contributed by atoms with E-state index in [-0.39, 0.29) is 17.0 Å². The second kappa shape index (κ2) is 4.52. The number of amides is 1. The van der Waals surface area contributed by atoms with Gasteiger partial charge in [-0.05, 0) is 31.4 Å². The van der Waals surface area contributed by atoms with Crippen LogP contribution in [0.25, 0.3) is 0 Å². The van der Waals surface area contributed by atoms with E-state index in [0.29, 0.717) is 16.3 Å². The van der Waals surface area contributed by atoms with E-state index in [4.69, 9.17) is 28.9 Å². The number of carbonyl (C=O) groups is 1. The van der Waals surface area contributed by atoms with Gasteiger partial charge in [-0.2, -0.15) is 0 Å². The first-order valence-electron chi connectivity index (χ1n) is 5.13. The summed E-state index contributed by atoms with van der Waals surface area (Å²) in [7, 11) is 0. The second-order valence-corrected chi connectivity index (χ2v) is 4.75. The topological polar surface area (TPSA) is 55.1 Å². The summed E-state index contributed by atoms with van der Waals surface area (Å²) in [6.07, 6.45) is 3.22. The first-order chi connectivity index (χ1) is 7.58. The number of benzene rings is 1. The highest BCUT2D eigenvalue weighted by Crippen LogP contribution is 2.29. The molecule has 1 fully saturated rings. The first kappa shape index (κ1) is 11.6. The van der Waals surface area contributed by atoms with Gasteiger partial charge in [0.2, 0.25) is 0 Å². The van der Waals surface area contributed by atoms with E-state index < -0.39 is 0 Å². The maximum Gasteiger partial charge on any atom is 0.253 e. The standard InChI is InChI=1S/C11H12Cl2N2O/c12-9-5-6(14)4-8(10(9)13)11(16)15-7-2-1-3-7/h4-5,7H,1-3,14H2,(H,15,16). The van der Waals surface area contributed by atoms with Crippen LogP contribution in [0.15, 0.2) is 12.1 Å². The van der Waals surface area contributed by atoms with Gasteiger partial charge in [0.15, 0.2) is 0 Å². The SMILES string of the molecule is Nc1cc(Cl)c(Cl)c(C(=O)NC2CCC2)c1. The average Bonchev–Trinajstić information content (AvgIpc) is 2.17. The fourth-order valence-corrected chi connectivity index (χ4v) is 2.01. The zero-order valence-electron chi connectivity index (χ0n) is 8.59. The van der Waals surface area contributed by atoms with Gasteiger partial charge >= 0.3 is 0 Å². The fourth-order valence-electron chi connectivity index (χ4n) is 1.59. The Kier molecular flexibility index (Phi) is 3.26. The van der Waals surface area contributed by atoms with Crippen molar-refractivity contribution in [1.29, 1.82) is 0 Å².